The Morgan fingerprint density at radius 1 is 1.00 bits per heavy atom. The molecule has 3 aromatic rings. The Kier molecular flexibility index (Phi) is 8.48. The number of benzene rings is 2. The van der Waals surface area contributed by atoms with E-state index >= 15 is 0 Å². The fourth-order valence-corrected chi connectivity index (χ4v) is 4.28. The van der Waals surface area contributed by atoms with Crippen LogP contribution < -0.4 is 20.9 Å². The first-order chi connectivity index (χ1) is 18.9. The van der Waals surface area contributed by atoms with Crippen molar-refractivity contribution in [2.24, 2.45) is 0 Å². The molecule has 1 saturated heterocycles. The fraction of sp³-hybridized carbons (Fsp3) is 0.259. The van der Waals surface area contributed by atoms with E-state index in [2.05, 4.69) is 37.4 Å². The van der Waals surface area contributed by atoms with Gasteiger partial charge in [0.1, 0.15) is 10.6 Å². The van der Waals surface area contributed by atoms with E-state index in [9.17, 15) is 22.8 Å². The molecule has 0 bridgehead atoms. The zero-order valence-electron chi connectivity index (χ0n) is 21.8. The lowest BCUT2D eigenvalue weighted by molar-refractivity contribution is -0.129. The third-order valence-electron chi connectivity index (χ3n) is 6.26. The van der Waals surface area contributed by atoms with Gasteiger partial charge < -0.3 is 25.8 Å². The number of hydrogen-bond donors (Lipinski definition) is 3. The minimum absolute atomic E-state index is 0.0828. The van der Waals surface area contributed by atoms with Gasteiger partial charge in [-0.1, -0.05) is 24.2 Å². The van der Waals surface area contributed by atoms with Crippen LogP contribution in [0.1, 0.15) is 12.5 Å². The molecule has 2 amide bonds. The molecule has 0 unspecified atom stereocenters. The third-order valence-corrected chi connectivity index (χ3v) is 6.54. The minimum Gasteiger partial charge on any atom is -0.368 e. The molecule has 0 saturated carbocycles. The molecule has 0 aliphatic carbocycles. The fourth-order valence-electron chi connectivity index (χ4n) is 4.14. The number of alkyl halides is 3. The van der Waals surface area contributed by atoms with Crippen LogP contribution in [0.4, 0.5) is 47.7 Å². The van der Waals surface area contributed by atoms with E-state index in [1.165, 1.54) is 18.3 Å². The van der Waals surface area contributed by atoms with Gasteiger partial charge in [0, 0.05) is 55.9 Å². The summed E-state index contributed by atoms with van der Waals surface area (Å²) in [6, 6.07) is 11.9. The van der Waals surface area contributed by atoms with Crippen LogP contribution in [0.5, 0.6) is 0 Å². The summed E-state index contributed by atoms with van der Waals surface area (Å²) < 4.78 is 38.3. The number of amides is 2. The van der Waals surface area contributed by atoms with Crippen molar-refractivity contribution in [1.82, 2.24) is 14.9 Å². The van der Waals surface area contributed by atoms with Crippen molar-refractivity contribution in [2.45, 2.75) is 20.0 Å². The normalized spacial score (nSPS) is 13.6. The molecule has 1 fully saturated rings. The predicted molar refractivity (Wildman–Crippen MR) is 150 cm³/mol. The highest BCUT2D eigenvalue weighted by molar-refractivity contribution is 6.32. The summed E-state index contributed by atoms with van der Waals surface area (Å²) in [6.45, 7) is 9.26. The Bertz CT molecular complexity index is 1440. The Hall–Kier alpha value is -4.32. The molecular weight excluding hydrogens is 547 g/mol. The number of aryl methyl sites for hydroxylation is 1. The maximum absolute atomic E-state index is 12.8. The van der Waals surface area contributed by atoms with Crippen molar-refractivity contribution in [3.8, 4) is 0 Å². The number of halogens is 4. The largest absolute Gasteiger partial charge is 0.421 e. The lowest BCUT2D eigenvalue weighted by Gasteiger charge is -2.36. The second-order valence-corrected chi connectivity index (χ2v) is 9.55. The Morgan fingerprint density at radius 2 is 1.68 bits per heavy atom. The first-order valence-electron chi connectivity index (χ1n) is 12.3. The number of anilines is 6. The average Bonchev–Trinajstić information content (AvgIpc) is 2.90. The molecule has 4 rings (SSSR count). The van der Waals surface area contributed by atoms with Gasteiger partial charge in [0.25, 0.3) is 5.91 Å². The molecule has 13 heteroatoms. The molecule has 40 heavy (non-hydrogen) atoms. The summed E-state index contributed by atoms with van der Waals surface area (Å²) in [5.74, 6) is -0.755. The SMILES string of the molecule is C=C(C(=O)Nc1cccc(Nc2nc(Nc3ccc(N4CCN(C(C)=O)CC4)c(C)c3)ncc2Cl)c1)C(F)(F)F. The van der Waals surface area contributed by atoms with E-state index in [-0.39, 0.29) is 28.4 Å². The van der Waals surface area contributed by atoms with Gasteiger partial charge in [-0.15, -0.1) is 0 Å². The lowest BCUT2D eigenvalue weighted by atomic mass is 10.1. The molecule has 1 aromatic heterocycles. The third kappa shape index (κ3) is 7.00. The zero-order valence-corrected chi connectivity index (χ0v) is 22.5. The van der Waals surface area contributed by atoms with Crippen LogP contribution in [-0.4, -0.2) is 59.0 Å². The van der Waals surface area contributed by atoms with Crippen LogP contribution in [-0.2, 0) is 9.59 Å². The quantitative estimate of drug-likeness (QED) is 0.314. The summed E-state index contributed by atoms with van der Waals surface area (Å²) in [5, 5.41) is 8.53. The van der Waals surface area contributed by atoms with Crippen molar-refractivity contribution < 1.29 is 22.8 Å². The summed E-state index contributed by atoms with van der Waals surface area (Å²) in [5.41, 5.74) is 1.93. The van der Waals surface area contributed by atoms with Crippen molar-refractivity contribution in [1.29, 1.82) is 0 Å². The summed E-state index contributed by atoms with van der Waals surface area (Å²) >= 11 is 6.28. The molecule has 210 valence electrons. The van der Waals surface area contributed by atoms with Crippen LogP contribution in [0.15, 0.2) is 60.8 Å². The van der Waals surface area contributed by atoms with E-state index in [0.29, 0.717) is 18.8 Å². The number of nitrogens with one attached hydrogen (secondary N) is 3. The van der Waals surface area contributed by atoms with Gasteiger partial charge in [-0.05, 0) is 48.9 Å². The first-order valence-corrected chi connectivity index (χ1v) is 12.6. The Labute approximate surface area is 234 Å². The van der Waals surface area contributed by atoms with Crippen molar-refractivity contribution in [3.63, 3.8) is 0 Å². The monoisotopic (exact) mass is 573 g/mol. The van der Waals surface area contributed by atoms with Gasteiger partial charge in [0.2, 0.25) is 11.9 Å². The van der Waals surface area contributed by atoms with Crippen molar-refractivity contribution in [3.05, 3.63) is 71.4 Å². The molecule has 1 aliphatic heterocycles. The summed E-state index contributed by atoms with van der Waals surface area (Å²) in [4.78, 5) is 36.2. The van der Waals surface area contributed by atoms with Crippen LogP contribution >= 0.6 is 11.6 Å². The zero-order chi connectivity index (χ0) is 29.0. The minimum atomic E-state index is -4.83. The number of rotatable bonds is 7. The summed E-state index contributed by atoms with van der Waals surface area (Å²) in [7, 11) is 0. The Balaban J connectivity index is 1.43. The molecular formula is C27H27ClF3N7O2. The number of hydrogen-bond acceptors (Lipinski definition) is 7. The second kappa shape index (κ2) is 11.8. The second-order valence-electron chi connectivity index (χ2n) is 9.15. The van der Waals surface area contributed by atoms with Crippen LogP contribution in [0.2, 0.25) is 5.02 Å². The molecule has 0 radical (unpaired) electrons. The highest BCUT2D eigenvalue weighted by Crippen LogP contribution is 2.29. The number of carbonyl (C=O) groups is 2. The van der Waals surface area contributed by atoms with Gasteiger partial charge in [0.15, 0.2) is 5.82 Å². The Morgan fingerprint density at radius 3 is 2.33 bits per heavy atom. The number of nitrogens with zero attached hydrogens (tertiary/aromatic N) is 4. The maximum Gasteiger partial charge on any atom is 0.421 e. The van der Waals surface area contributed by atoms with Crippen LogP contribution in [0.3, 0.4) is 0 Å². The molecule has 2 aromatic carbocycles. The maximum atomic E-state index is 12.8. The van der Waals surface area contributed by atoms with E-state index < -0.39 is 17.7 Å². The van der Waals surface area contributed by atoms with Crippen molar-refractivity contribution >= 4 is 57.9 Å². The van der Waals surface area contributed by atoms with Gasteiger partial charge >= 0.3 is 6.18 Å². The summed E-state index contributed by atoms with van der Waals surface area (Å²) in [6.07, 6.45) is -3.42. The predicted octanol–water partition coefficient (Wildman–Crippen LogP) is 5.65. The number of carbonyl (C=O) groups excluding carboxylic acids is 2. The molecule has 0 spiro atoms. The van der Waals surface area contributed by atoms with Gasteiger partial charge in [-0.3, -0.25) is 9.59 Å². The number of aromatic nitrogens is 2. The van der Waals surface area contributed by atoms with E-state index in [1.54, 1.807) is 19.1 Å². The standard InChI is InChI=1S/C27H27ClF3N7O2/c1-16-13-21(7-8-23(16)38-11-9-37(10-12-38)18(3)39)35-26-32-15-22(28)24(36-26)33-19-5-4-6-20(14-19)34-25(40)17(2)27(29,30)31/h4-8,13-15H,2,9-12H2,1,3H3,(H,34,40)(H2,32,33,35,36). The average molecular weight is 574 g/mol. The van der Waals surface area contributed by atoms with Gasteiger partial charge in [0.05, 0.1) is 6.20 Å². The van der Waals surface area contributed by atoms with Crippen molar-refractivity contribution in [2.75, 3.05) is 47.0 Å². The molecule has 0 atom stereocenters. The highest BCUT2D eigenvalue weighted by Gasteiger charge is 2.36. The topological polar surface area (TPSA) is 102 Å². The van der Waals surface area contributed by atoms with Crippen LogP contribution in [0, 0.1) is 6.92 Å². The lowest BCUT2D eigenvalue weighted by Crippen LogP contribution is -2.48. The molecule has 3 N–H and O–H groups in total. The smallest absolute Gasteiger partial charge is 0.368 e. The van der Waals surface area contributed by atoms with Gasteiger partial charge in [-0.25, -0.2) is 4.98 Å². The van der Waals surface area contributed by atoms with Crippen LogP contribution in [0.25, 0.3) is 0 Å². The molecule has 9 nitrogen and oxygen atoms in total. The molecule has 2 heterocycles. The van der Waals surface area contributed by atoms with Gasteiger partial charge in [-0.2, -0.15) is 18.2 Å². The highest BCUT2D eigenvalue weighted by atomic mass is 35.5. The van der Waals surface area contributed by atoms with E-state index in [4.69, 9.17) is 11.6 Å². The first kappa shape index (κ1) is 28.7. The number of piperazine rings is 1. The molecule has 1 aliphatic rings. The van der Waals surface area contributed by atoms with E-state index in [1.807, 2.05) is 30.0 Å². The van der Waals surface area contributed by atoms with E-state index in [0.717, 1.165) is 30.0 Å².